The first-order chi connectivity index (χ1) is 12.8. The predicted octanol–water partition coefficient (Wildman–Crippen LogP) is 3.64. The summed E-state index contributed by atoms with van der Waals surface area (Å²) in [5.74, 6) is 0.180. The van der Waals surface area contributed by atoms with Gasteiger partial charge in [-0.05, 0) is 29.8 Å². The van der Waals surface area contributed by atoms with Crippen molar-refractivity contribution in [1.82, 2.24) is 10.3 Å². The van der Waals surface area contributed by atoms with Crippen molar-refractivity contribution in [1.29, 1.82) is 0 Å². The number of rotatable bonds is 5. The van der Waals surface area contributed by atoms with Crippen molar-refractivity contribution < 1.29 is 4.79 Å². The Balaban J connectivity index is 1.35. The van der Waals surface area contributed by atoms with E-state index >= 15 is 0 Å². The number of aromatic nitrogens is 1. The Morgan fingerprint density at radius 3 is 2.46 bits per heavy atom. The van der Waals surface area contributed by atoms with Crippen LogP contribution in [0.5, 0.6) is 0 Å². The van der Waals surface area contributed by atoms with Gasteiger partial charge in [0, 0.05) is 43.0 Å². The van der Waals surface area contributed by atoms with Gasteiger partial charge in [0.25, 0.3) is 0 Å². The molecule has 1 atom stereocenters. The van der Waals surface area contributed by atoms with Gasteiger partial charge in [0.05, 0.1) is 5.69 Å². The van der Waals surface area contributed by atoms with Crippen molar-refractivity contribution in [3.63, 3.8) is 0 Å². The number of carbonyl (C=O) groups excluding carboxylic acids is 1. The number of anilines is 1. The Hall–Kier alpha value is -2.98. The highest BCUT2D eigenvalue weighted by molar-refractivity contribution is 5.96. The van der Waals surface area contributed by atoms with Crippen LogP contribution in [-0.4, -0.2) is 23.5 Å². The molecular formula is C22H21N3O. The number of nitrogens with zero attached hydrogens (tertiary/aromatic N) is 2. The summed E-state index contributed by atoms with van der Waals surface area (Å²) in [6.45, 7) is 1.47. The fourth-order valence-electron chi connectivity index (χ4n) is 3.29. The lowest BCUT2D eigenvalue weighted by atomic mass is 10.1. The second-order valence-electron chi connectivity index (χ2n) is 6.53. The van der Waals surface area contributed by atoms with Gasteiger partial charge in [-0.25, -0.2) is 0 Å². The summed E-state index contributed by atoms with van der Waals surface area (Å²) in [6.07, 6.45) is 2.35. The molecule has 4 heteroatoms. The van der Waals surface area contributed by atoms with Crippen LogP contribution in [0, 0.1) is 0 Å². The molecule has 0 radical (unpaired) electrons. The predicted molar refractivity (Wildman–Crippen MR) is 104 cm³/mol. The fourth-order valence-corrected chi connectivity index (χ4v) is 3.29. The molecule has 1 aliphatic rings. The maximum Gasteiger partial charge on any atom is 0.228 e. The van der Waals surface area contributed by atoms with Crippen LogP contribution in [-0.2, 0) is 11.3 Å². The maximum atomic E-state index is 12.3. The van der Waals surface area contributed by atoms with Gasteiger partial charge in [0.1, 0.15) is 0 Å². The third kappa shape index (κ3) is 3.65. The van der Waals surface area contributed by atoms with Gasteiger partial charge in [-0.2, -0.15) is 0 Å². The van der Waals surface area contributed by atoms with Crippen molar-refractivity contribution in [2.75, 3.05) is 11.4 Å². The first-order valence-corrected chi connectivity index (χ1v) is 8.89. The van der Waals surface area contributed by atoms with Crippen molar-refractivity contribution in [2.45, 2.75) is 19.0 Å². The molecule has 2 aromatic carbocycles. The molecule has 1 saturated heterocycles. The lowest BCUT2D eigenvalue weighted by molar-refractivity contribution is -0.117. The van der Waals surface area contributed by atoms with E-state index in [1.165, 1.54) is 5.56 Å². The number of para-hydroxylation sites is 1. The molecule has 0 saturated carbocycles. The van der Waals surface area contributed by atoms with E-state index < -0.39 is 0 Å². The minimum Gasteiger partial charge on any atom is -0.311 e. The average Bonchev–Trinajstić information content (AvgIpc) is 3.09. The zero-order valence-electron chi connectivity index (χ0n) is 14.5. The molecule has 4 rings (SSSR count). The van der Waals surface area contributed by atoms with Crippen LogP contribution in [0.4, 0.5) is 5.69 Å². The van der Waals surface area contributed by atoms with Gasteiger partial charge in [0.15, 0.2) is 0 Å². The molecule has 0 unspecified atom stereocenters. The van der Waals surface area contributed by atoms with Gasteiger partial charge in [0.2, 0.25) is 5.91 Å². The van der Waals surface area contributed by atoms with Gasteiger partial charge >= 0.3 is 0 Å². The largest absolute Gasteiger partial charge is 0.311 e. The lowest BCUT2D eigenvalue weighted by Crippen LogP contribution is -2.32. The molecule has 1 N–H and O–H groups in total. The van der Waals surface area contributed by atoms with Crippen LogP contribution < -0.4 is 10.2 Å². The molecule has 0 bridgehead atoms. The van der Waals surface area contributed by atoms with Gasteiger partial charge in [-0.15, -0.1) is 0 Å². The third-order valence-electron chi connectivity index (χ3n) is 4.70. The molecule has 2 heterocycles. The number of hydrogen-bond acceptors (Lipinski definition) is 3. The van der Waals surface area contributed by atoms with Crippen molar-refractivity contribution in [3.05, 3.63) is 84.6 Å². The smallest absolute Gasteiger partial charge is 0.228 e. The fraction of sp³-hybridized carbons (Fsp3) is 0.182. The number of hydrogen-bond donors (Lipinski definition) is 1. The molecule has 1 amide bonds. The Labute approximate surface area is 153 Å². The van der Waals surface area contributed by atoms with E-state index in [1.807, 2.05) is 53.4 Å². The topological polar surface area (TPSA) is 45.2 Å². The SMILES string of the molecule is O=C1C[C@@H](NCc2ccc(-c3ccccn3)cc2)CN1c1ccccc1. The van der Waals surface area contributed by atoms with Gasteiger partial charge in [-0.1, -0.05) is 48.5 Å². The molecule has 1 aromatic heterocycles. The van der Waals surface area contributed by atoms with Crippen LogP contribution in [0.2, 0.25) is 0 Å². The summed E-state index contributed by atoms with van der Waals surface area (Å²) >= 11 is 0. The zero-order chi connectivity index (χ0) is 17.8. The summed E-state index contributed by atoms with van der Waals surface area (Å²) in [5, 5.41) is 3.51. The summed E-state index contributed by atoms with van der Waals surface area (Å²) in [5.41, 5.74) is 4.27. The highest BCUT2D eigenvalue weighted by Crippen LogP contribution is 2.21. The minimum atomic E-state index is 0.179. The van der Waals surface area contributed by atoms with Gasteiger partial charge < -0.3 is 10.2 Å². The highest BCUT2D eigenvalue weighted by Gasteiger charge is 2.29. The Kier molecular flexibility index (Phi) is 4.75. The standard InChI is InChI=1S/C22H21N3O/c26-22-14-19(16-25(22)20-6-2-1-3-7-20)24-15-17-9-11-18(12-10-17)21-8-4-5-13-23-21/h1-13,19,24H,14-16H2/t19-/m1/s1. The average molecular weight is 343 g/mol. The second-order valence-corrected chi connectivity index (χ2v) is 6.53. The molecular weight excluding hydrogens is 322 g/mol. The van der Waals surface area contributed by atoms with Crippen LogP contribution in [0.1, 0.15) is 12.0 Å². The maximum absolute atomic E-state index is 12.3. The number of carbonyl (C=O) groups is 1. The minimum absolute atomic E-state index is 0.179. The van der Waals surface area contributed by atoms with Gasteiger partial charge in [-0.3, -0.25) is 9.78 Å². The number of benzene rings is 2. The Morgan fingerprint density at radius 2 is 1.73 bits per heavy atom. The molecule has 26 heavy (non-hydrogen) atoms. The summed E-state index contributed by atoms with van der Waals surface area (Å²) in [6, 6.07) is 24.4. The van der Waals surface area contributed by atoms with Crippen LogP contribution in [0.25, 0.3) is 11.3 Å². The van der Waals surface area contributed by atoms with Crippen LogP contribution >= 0.6 is 0 Å². The molecule has 0 spiro atoms. The normalized spacial score (nSPS) is 16.8. The van der Waals surface area contributed by atoms with E-state index in [2.05, 4.69) is 34.6 Å². The molecule has 1 aliphatic heterocycles. The van der Waals surface area contributed by atoms with E-state index in [-0.39, 0.29) is 11.9 Å². The molecule has 4 nitrogen and oxygen atoms in total. The van der Waals surface area contributed by atoms with Crippen molar-refractivity contribution in [3.8, 4) is 11.3 Å². The van der Waals surface area contributed by atoms with Crippen molar-refractivity contribution >= 4 is 11.6 Å². The molecule has 1 fully saturated rings. The van der Waals surface area contributed by atoms with E-state index in [4.69, 9.17) is 0 Å². The number of amides is 1. The Bertz CT molecular complexity index is 863. The van der Waals surface area contributed by atoms with E-state index in [9.17, 15) is 4.79 Å². The first kappa shape index (κ1) is 16.5. The summed E-state index contributed by atoms with van der Waals surface area (Å²) in [4.78, 5) is 18.5. The van der Waals surface area contributed by atoms with E-state index in [0.29, 0.717) is 6.42 Å². The number of nitrogens with one attached hydrogen (secondary N) is 1. The first-order valence-electron chi connectivity index (χ1n) is 8.89. The monoisotopic (exact) mass is 343 g/mol. The molecule has 130 valence electrons. The lowest BCUT2D eigenvalue weighted by Gasteiger charge is -2.17. The summed E-state index contributed by atoms with van der Waals surface area (Å²) in [7, 11) is 0. The second kappa shape index (κ2) is 7.50. The van der Waals surface area contributed by atoms with Crippen LogP contribution in [0.15, 0.2) is 79.0 Å². The quantitative estimate of drug-likeness (QED) is 0.769. The number of pyridine rings is 1. The van der Waals surface area contributed by atoms with Crippen molar-refractivity contribution in [2.24, 2.45) is 0 Å². The van der Waals surface area contributed by atoms with E-state index in [0.717, 1.165) is 30.0 Å². The highest BCUT2D eigenvalue weighted by atomic mass is 16.2. The van der Waals surface area contributed by atoms with E-state index in [1.54, 1.807) is 6.20 Å². The Morgan fingerprint density at radius 1 is 0.962 bits per heavy atom. The summed E-state index contributed by atoms with van der Waals surface area (Å²) < 4.78 is 0. The van der Waals surface area contributed by atoms with Crippen LogP contribution in [0.3, 0.4) is 0 Å². The molecule has 3 aromatic rings. The molecule has 0 aliphatic carbocycles. The third-order valence-corrected chi connectivity index (χ3v) is 4.70. The zero-order valence-corrected chi connectivity index (χ0v) is 14.5.